The fourth-order valence-electron chi connectivity index (χ4n) is 2.70. The minimum atomic E-state index is -3.78. The molecule has 9 nitrogen and oxygen atoms in total. The molecule has 0 N–H and O–H groups in total. The van der Waals surface area contributed by atoms with E-state index in [1.807, 2.05) is 6.07 Å². The fraction of sp³-hybridized carbons (Fsp3) is 0.111. The Morgan fingerprint density at radius 2 is 1.89 bits per heavy atom. The van der Waals surface area contributed by atoms with Crippen LogP contribution in [0.25, 0.3) is 5.69 Å². The van der Waals surface area contributed by atoms with Gasteiger partial charge in [0.25, 0.3) is 0 Å². The molecule has 0 aliphatic carbocycles. The lowest BCUT2D eigenvalue weighted by Gasteiger charge is -2.21. The highest BCUT2D eigenvalue weighted by molar-refractivity contribution is 7.89. The Morgan fingerprint density at radius 1 is 1.04 bits per heavy atom. The molecule has 142 valence electrons. The Bertz CT molecular complexity index is 1110. The zero-order chi connectivity index (χ0) is 19.4. The molecule has 0 aliphatic rings. The number of pyridine rings is 1. The summed E-state index contributed by atoms with van der Waals surface area (Å²) in [6, 6.07) is 13.4. The Balaban J connectivity index is 1.65. The molecule has 0 aliphatic heterocycles. The van der Waals surface area contributed by atoms with E-state index in [9.17, 15) is 8.42 Å². The maximum absolute atomic E-state index is 13.3. The van der Waals surface area contributed by atoms with Crippen molar-refractivity contribution in [2.75, 3.05) is 0 Å². The second-order valence-corrected chi connectivity index (χ2v) is 7.90. The zero-order valence-electron chi connectivity index (χ0n) is 14.7. The molecule has 0 unspecified atom stereocenters. The van der Waals surface area contributed by atoms with Crippen LogP contribution in [0.4, 0.5) is 0 Å². The van der Waals surface area contributed by atoms with Crippen molar-refractivity contribution in [2.45, 2.75) is 18.0 Å². The van der Waals surface area contributed by atoms with Crippen molar-refractivity contribution in [3.63, 3.8) is 0 Å². The summed E-state index contributed by atoms with van der Waals surface area (Å²) in [6.45, 7) is 0.282. The number of hydrogen-bond donors (Lipinski definition) is 0. The lowest BCUT2D eigenvalue weighted by molar-refractivity contribution is 0.358. The molecule has 0 saturated carbocycles. The number of aromatic nitrogens is 5. The van der Waals surface area contributed by atoms with Crippen molar-refractivity contribution < 1.29 is 12.8 Å². The Labute approximate surface area is 161 Å². The zero-order valence-corrected chi connectivity index (χ0v) is 15.5. The topological polar surface area (TPSA) is 107 Å². The van der Waals surface area contributed by atoms with E-state index < -0.39 is 10.0 Å². The fourth-order valence-corrected chi connectivity index (χ4v) is 4.09. The normalized spacial score (nSPS) is 11.8. The summed E-state index contributed by atoms with van der Waals surface area (Å²) in [5.74, 6) is 0.553. The van der Waals surface area contributed by atoms with Gasteiger partial charge in [-0.05, 0) is 58.5 Å². The molecule has 0 saturated heterocycles. The summed E-state index contributed by atoms with van der Waals surface area (Å²) in [4.78, 5) is 4.23. The minimum absolute atomic E-state index is 0.110. The third-order valence-electron chi connectivity index (χ3n) is 4.08. The van der Waals surface area contributed by atoms with Gasteiger partial charge in [-0.2, -0.15) is 4.31 Å². The van der Waals surface area contributed by atoms with Gasteiger partial charge in [-0.1, -0.05) is 6.07 Å². The molecule has 3 heterocycles. The smallest absolute Gasteiger partial charge is 0.243 e. The van der Waals surface area contributed by atoms with Gasteiger partial charge in [0.05, 0.1) is 23.4 Å². The van der Waals surface area contributed by atoms with E-state index in [0.29, 0.717) is 11.4 Å². The molecule has 0 amide bonds. The van der Waals surface area contributed by atoms with Crippen molar-refractivity contribution in [1.29, 1.82) is 0 Å². The molecule has 0 radical (unpaired) electrons. The number of hydrogen-bond acceptors (Lipinski definition) is 7. The molecule has 1 aromatic carbocycles. The molecular formula is C18H16N6O3S. The molecule has 4 aromatic rings. The van der Waals surface area contributed by atoms with E-state index in [4.69, 9.17) is 4.42 Å². The summed E-state index contributed by atoms with van der Waals surface area (Å²) in [6.07, 6.45) is 6.25. The van der Waals surface area contributed by atoms with Crippen LogP contribution in [0.5, 0.6) is 0 Å². The van der Waals surface area contributed by atoms with Crippen LogP contribution < -0.4 is 0 Å². The largest absolute Gasteiger partial charge is 0.468 e. The maximum Gasteiger partial charge on any atom is 0.243 e. The minimum Gasteiger partial charge on any atom is -0.468 e. The van der Waals surface area contributed by atoms with Crippen LogP contribution in [0.15, 0.2) is 82.8 Å². The predicted molar refractivity (Wildman–Crippen MR) is 98.5 cm³/mol. The third-order valence-corrected chi connectivity index (χ3v) is 5.89. The van der Waals surface area contributed by atoms with Gasteiger partial charge in [0.2, 0.25) is 10.0 Å². The highest BCUT2D eigenvalue weighted by Crippen LogP contribution is 2.22. The highest BCUT2D eigenvalue weighted by atomic mass is 32.2. The van der Waals surface area contributed by atoms with E-state index >= 15 is 0 Å². The standard InChI is InChI=1S/C18H16N6O3S/c25-28(26,18-7-5-16(6-8-18)24-14-20-21-22-24)23(13-17-4-2-10-27-17)12-15-3-1-9-19-11-15/h1-11,14H,12-13H2. The molecule has 28 heavy (non-hydrogen) atoms. The van der Waals surface area contributed by atoms with Crippen molar-refractivity contribution in [1.82, 2.24) is 29.5 Å². The molecule has 4 rings (SSSR count). The number of benzene rings is 1. The summed E-state index contributed by atoms with van der Waals surface area (Å²) >= 11 is 0. The van der Waals surface area contributed by atoms with Crippen molar-refractivity contribution in [2.24, 2.45) is 0 Å². The van der Waals surface area contributed by atoms with Crippen LogP contribution in [0.3, 0.4) is 0 Å². The molecular weight excluding hydrogens is 380 g/mol. The predicted octanol–water partition coefficient (Wildman–Crippen LogP) is 2.04. The second kappa shape index (κ2) is 7.71. The average molecular weight is 396 g/mol. The van der Waals surface area contributed by atoms with Gasteiger partial charge in [0.1, 0.15) is 12.1 Å². The average Bonchev–Trinajstić information content (AvgIpc) is 3.43. The van der Waals surface area contributed by atoms with Crippen LogP contribution in [0.1, 0.15) is 11.3 Å². The lowest BCUT2D eigenvalue weighted by atomic mass is 10.3. The van der Waals surface area contributed by atoms with Crippen molar-refractivity contribution in [3.05, 3.63) is 84.8 Å². The first kappa shape index (κ1) is 18.0. The Kier molecular flexibility index (Phi) is 4.96. The van der Waals surface area contributed by atoms with Crippen LogP contribution in [0, 0.1) is 0 Å². The monoisotopic (exact) mass is 396 g/mol. The summed E-state index contributed by atoms with van der Waals surface area (Å²) in [7, 11) is -3.78. The van der Waals surface area contributed by atoms with Gasteiger partial charge in [0, 0.05) is 18.9 Å². The maximum atomic E-state index is 13.3. The highest BCUT2D eigenvalue weighted by Gasteiger charge is 2.26. The molecule has 0 atom stereocenters. The van der Waals surface area contributed by atoms with Gasteiger partial charge in [0.15, 0.2) is 0 Å². The molecule has 0 bridgehead atoms. The first-order valence-electron chi connectivity index (χ1n) is 8.38. The van der Waals surface area contributed by atoms with E-state index in [2.05, 4.69) is 20.5 Å². The Morgan fingerprint density at radius 3 is 2.54 bits per heavy atom. The first-order valence-corrected chi connectivity index (χ1v) is 9.82. The molecule has 0 fully saturated rings. The third kappa shape index (κ3) is 3.82. The summed E-state index contributed by atoms with van der Waals surface area (Å²) in [5.41, 5.74) is 1.44. The van der Waals surface area contributed by atoms with E-state index in [1.54, 1.807) is 42.7 Å². The summed E-state index contributed by atoms with van der Waals surface area (Å²) in [5, 5.41) is 10.9. The number of nitrogens with zero attached hydrogens (tertiary/aromatic N) is 6. The number of furan rings is 1. The SMILES string of the molecule is O=S(=O)(c1ccc(-n2cnnn2)cc1)N(Cc1cccnc1)Cc1ccco1. The van der Waals surface area contributed by atoms with Gasteiger partial charge >= 0.3 is 0 Å². The molecule has 0 spiro atoms. The van der Waals surface area contributed by atoms with E-state index in [1.165, 1.54) is 33.7 Å². The molecule has 3 aromatic heterocycles. The number of sulfonamides is 1. The first-order chi connectivity index (χ1) is 13.6. The number of tetrazole rings is 1. The lowest BCUT2D eigenvalue weighted by Crippen LogP contribution is -2.30. The van der Waals surface area contributed by atoms with Crippen LogP contribution in [-0.2, 0) is 23.1 Å². The second-order valence-electron chi connectivity index (χ2n) is 5.96. The van der Waals surface area contributed by atoms with Gasteiger partial charge in [-0.3, -0.25) is 4.98 Å². The van der Waals surface area contributed by atoms with Crippen LogP contribution in [0.2, 0.25) is 0 Å². The quantitative estimate of drug-likeness (QED) is 0.470. The van der Waals surface area contributed by atoms with Crippen molar-refractivity contribution in [3.8, 4) is 5.69 Å². The summed E-state index contributed by atoms with van der Waals surface area (Å²) < 4.78 is 34.7. The number of rotatable bonds is 7. The Hall–Kier alpha value is -3.37. The van der Waals surface area contributed by atoms with Crippen LogP contribution in [-0.4, -0.2) is 37.9 Å². The molecule has 10 heteroatoms. The van der Waals surface area contributed by atoms with Gasteiger partial charge < -0.3 is 4.42 Å². The van der Waals surface area contributed by atoms with Crippen LogP contribution >= 0.6 is 0 Å². The van der Waals surface area contributed by atoms with E-state index in [0.717, 1.165) is 5.56 Å². The van der Waals surface area contributed by atoms with Gasteiger partial charge in [-0.25, -0.2) is 13.1 Å². The van der Waals surface area contributed by atoms with Gasteiger partial charge in [-0.15, -0.1) is 5.10 Å². The van der Waals surface area contributed by atoms with E-state index in [-0.39, 0.29) is 18.0 Å². The van der Waals surface area contributed by atoms with Crippen molar-refractivity contribution >= 4 is 10.0 Å².